The monoisotopic (exact) mass is 352 g/mol. The number of ether oxygens (including phenoxy) is 3. The molecular weight excluding hydrogens is 332 g/mol. The minimum atomic E-state index is -0.539. The predicted molar refractivity (Wildman–Crippen MR) is 98.3 cm³/mol. The van der Waals surface area contributed by atoms with Gasteiger partial charge in [0.2, 0.25) is 6.79 Å². The summed E-state index contributed by atoms with van der Waals surface area (Å²) >= 11 is 0. The van der Waals surface area contributed by atoms with Gasteiger partial charge in [0.05, 0.1) is 24.0 Å². The first kappa shape index (κ1) is 16.4. The van der Waals surface area contributed by atoms with Crippen LogP contribution in [0.3, 0.4) is 0 Å². The van der Waals surface area contributed by atoms with E-state index >= 15 is 0 Å². The van der Waals surface area contributed by atoms with Crippen LogP contribution in [0.1, 0.15) is 25.5 Å². The number of benzene rings is 2. The number of carbonyl (C=O) groups is 1. The lowest BCUT2D eigenvalue weighted by Crippen LogP contribution is -2.33. The Morgan fingerprint density at radius 1 is 1.23 bits per heavy atom. The Morgan fingerprint density at radius 3 is 2.88 bits per heavy atom. The van der Waals surface area contributed by atoms with Gasteiger partial charge in [-0.1, -0.05) is 18.2 Å². The van der Waals surface area contributed by atoms with Crippen LogP contribution in [-0.2, 0) is 9.53 Å². The standard InChI is InChI=1S/C20H20N2O4/c1-3-24-20(23)18-12(2)21-14-6-4-5-7-15(14)22-19(18)13-8-9-16-17(10-13)26-11-25-16/h4-10,18-19,22H,3,11H2,1-2H3. The van der Waals surface area contributed by atoms with Crippen LogP contribution < -0.4 is 14.8 Å². The number of para-hydroxylation sites is 2. The van der Waals surface area contributed by atoms with Crippen LogP contribution >= 0.6 is 0 Å². The topological polar surface area (TPSA) is 69.2 Å². The van der Waals surface area contributed by atoms with Crippen molar-refractivity contribution in [3.63, 3.8) is 0 Å². The quantitative estimate of drug-likeness (QED) is 0.850. The molecule has 2 aromatic rings. The van der Waals surface area contributed by atoms with Gasteiger partial charge in [-0.3, -0.25) is 9.79 Å². The van der Waals surface area contributed by atoms with E-state index in [-0.39, 0.29) is 18.8 Å². The number of esters is 1. The van der Waals surface area contributed by atoms with Crippen molar-refractivity contribution in [3.05, 3.63) is 48.0 Å². The second-order valence-electron chi connectivity index (χ2n) is 6.23. The number of nitrogens with zero attached hydrogens (tertiary/aromatic N) is 1. The first-order chi connectivity index (χ1) is 12.7. The van der Waals surface area contributed by atoms with Crippen molar-refractivity contribution in [2.45, 2.75) is 19.9 Å². The fraction of sp³-hybridized carbons (Fsp3) is 0.300. The summed E-state index contributed by atoms with van der Waals surface area (Å²) in [6.45, 7) is 4.20. The highest BCUT2D eigenvalue weighted by atomic mass is 16.7. The van der Waals surface area contributed by atoms with E-state index in [0.29, 0.717) is 23.8 Å². The molecule has 1 N–H and O–H groups in total. The van der Waals surface area contributed by atoms with Gasteiger partial charge in [0.25, 0.3) is 0 Å². The molecule has 2 unspecified atom stereocenters. The maximum Gasteiger partial charge on any atom is 0.317 e. The van der Waals surface area contributed by atoms with Gasteiger partial charge in [0.1, 0.15) is 5.92 Å². The molecule has 6 nitrogen and oxygen atoms in total. The highest BCUT2D eigenvalue weighted by Crippen LogP contribution is 2.41. The fourth-order valence-electron chi connectivity index (χ4n) is 3.37. The molecule has 26 heavy (non-hydrogen) atoms. The summed E-state index contributed by atoms with van der Waals surface area (Å²) in [6.07, 6.45) is 0. The maximum absolute atomic E-state index is 12.7. The number of rotatable bonds is 3. The summed E-state index contributed by atoms with van der Waals surface area (Å²) in [5, 5.41) is 3.47. The minimum absolute atomic E-state index is 0.210. The number of nitrogens with one attached hydrogen (secondary N) is 1. The summed E-state index contributed by atoms with van der Waals surface area (Å²) in [5.74, 6) is 0.555. The molecule has 4 rings (SSSR count). The molecular formula is C20H20N2O4. The zero-order chi connectivity index (χ0) is 18.1. The summed E-state index contributed by atoms with van der Waals surface area (Å²) < 4.78 is 16.2. The minimum Gasteiger partial charge on any atom is -0.465 e. The van der Waals surface area contributed by atoms with Gasteiger partial charge in [-0.15, -0.1) is 0 Å². The first-order valence-corrected chi connectivity index (χ1v) is 8.64. The lowest BCUT2D eigenvalue weighted by Gasteiger charge is -2.26. The van der Waals surface area contributed by atoms with E-state index in [4.69, 9.17) is 14.2 Å². The number of hydrogen-bond donors (Lipinski definition) is 1. The van der Waals surface area contributed by atoms with Crippen LogP contribution in [0.15, 0.2) is 47.5 Å². The zero-order valence-electron chi connectivity index (χ0n) is 14.7. The summed E-state index contributed by atoms with van der Waals surface area (Å²) in [7, 11) is 0. The molecule has 0 spiro atoms. The Hall–Kier alpha value is -3.02. The Bertz CT molecular complexity index is 878. The second-order valence-corrected chi connectivity index (χ2v) is 6.23. The van der Waals surface area contributed by atoms with Gasteiger partial charge < -0.3 is 19.5 Å². The van der Waals surface area contributed by atoms with Crippen molar-refractivity contribution in [1.29, 1.82) is 0 Å². The van der Waals surface area contributed by atoms with Crippen LogP contribution in [-0.4, -0.2) is 25.1 Å². The SMILES string of the molecule is CCOC(=O)C1C(C)=Nc2ccccc2NC1c1ccc2c(c1)OCO2. The highest BCUT2D eigenvalue weighted by molar-refractivity contribution is 6.04. The molecule has 0 fully saturated rings. The molecule has 134 valence electrons. The maximum atomic E-state index is 12.7. The lowest BCUT2D eigenvalue weighted by molar-refractivity contribution is -0.146. The van der Waals surface area contributed by atoms with Crippen LogP contribution in [0.2, 0.25) is 0 Å². The smallest absolute Gasteiger partial charge is 0.317 e. The van der Waals surface area contributed by atoms with Crippen molar-refractivity contribution >= 4 is 23.1 Å². The molecule has 0 saturated carbocycles. The molecule has 0 saturated heterocycles. The molecule has 0 bridgehead atoms. The van der Waals surface area contributed by atoms with Gasteiger partial charge in [-0.2, -0.15) is 0 Å². The molecule has 0 aliphatic carbocycles. The van der Waals surface area contributed by atoms with E-state index in [1.807, 2.05) is 49.4 Å². The average Bonchev–Trinajstić information content (AvgIpc) is 3.04. The van der Waals surface area contributed by atoms with Gasteiger partial charge >= 0.3 is 5.97 Å². The van der Waals surface area contributed by atoms with Crippen molar-refractivity contribution in [2.75, 3.05) is 18.7 Å². The van der Waals surface area contributed by atoms with Gasteiger partial charge in [0.15, 0.2) is 11.5 Å². The summed E-state index contributed by atoms with van der Waals surface area (Å²) in [6, 6.07) is 13.2. The number of hydrogen-bond acceptors (Lipinski definition) is 6. The van der Waals surface area contributed by atoms with Gasteiger partial charge in [-0.05, 0) is 43.7 Å². The molecule has 0 radical (unpaired) electrons. The van der Waals surface area contributed by atoms with Crippen LogP contribution in [0.25, 0.3) is 0 Å². The lowest BCUT2D eigenvalue weighted by atomic mass is 9.89. The molecule has 0 amide bonds. The molecule has 2 heterocycles. The number of fused-ring (bicyclic) bond motifs is 2. The van der Waals surface area contributed by atoms with Gasteiger partial charge in [0, 0.05) is 5.71 Å². The third-order valence-electron chi connectivity index (χ3n) is 4.59. The van der Waals surface area contributed by atoms with E-state index < -0.39 is 5.92 Å². The summed E-state index contributed by atoms with van der Waals surface area (Å²) in [4.78, 5) is 17.4. The fourth-order valence-corrected chi connectivity index (χ4v) is 3.37. The molecule has 2 aromatic carbocycles. The highest BCUT2D eigenvalue weighted by Gasteiger charge is 2.36. The first-order valence-electron chi connectivity index (χ1n) is 8.64. The second kappa shape index (κ2) is 6.71. The van der Waals surface area contributed by atoms with E-state index in [1.165, 1.54) is 0 Å². The normalized spacial score (nSPS) is 20.5. The average molecular weight is 352 g/mol. The van der Waals surface area contributed by atoms with E-state index in [1.54, 1.807) is 6.92 Å². The van der Waals surface area contributed by atoms with Crippen LogP contribution in [0.4, 0.5) is 11.4 Å². The Balaban J connectivity index is 1.80. The predicted octanol–water partition coefficient (Wildman–Crippen LogP) is 3.85. The molecule has 6 heteroatoms. The van der Waals surface area contributed by atoms with E-state index in [0.717, 1.165) is 16.9 Å². The molecule has 0 aromatic heterocycles. The molecule has 2 aliphatic heterocycles. The van der Waals surface area contributed by atoms with Crippen LogP contribution in [0.5, 0.6) is 11.5 Å². The van der Waals surface area contributed by atoms with E-state index in [9.17, 15) is 4.79 Å². The summed E-state index contributed by atoms with van der Waals surface area (Å²) in [5.41, 5.74) is 3.31. The number of carbonyl (C=O) groups excluding carboxylic acids is 1. The van der Waals surface area contributed by atoms with Crippen molar-refractivity contribution in [3.8, 4) is 11.5 Å². The Labute approximate surface area is 151 Å². The zero-order valence-corrected chi connectivity index (χ0v) is 14.7. The molecule has 2 atom stereocenters. The van der Waals surface area contributed by atoms with Gasteiger partial charge in [-0.25, -0.2) is 0 Å². The third-order valence-corrected chi connectivity index (χ3v) is 4.59. The van der Waals surface area contributed by atoms with Crippen LogP contribution in [0, 0.1) is 5.92 Å². The molecule has 2 aliphatic rings. The largest absolute Gasteiger partial charge is 0.465 e. The third kappa shape index (κ3) is 2.87. The van der Waals surface area contributed by atoms with Crippen molar-refractivity contribution in [1.82, 2.24) is 0 Å². The Morgan fingerprint density at radius 2 is 2.04 bits per heavy atom. The number of anilines is 1. The Kier molecular flexibility index (Phi) is 4.24. The van der Waals surface area contributed by atoms with Crippen molar-refractivity contribution < 1.29 is 19.0 Å². The van der Waals surface area contributed by atoms with Crippen molar-refractivity contribution in [2.24, 2.45) is 10.9 Å². The van der Waals surface area contributed by atoms with E-state index in [2.05, 4.69) is 10.3 Å². The number of aliphatic imine (C=N–C) groups is 1.